The van der Waals surface area contributed by atoms with Crippen LogP contribution in [0.1, 0.15) is 52.7 Å². The van der Waals surface area contributed by atoms with Crippen molar-refractivity contribution in [1.82, 2.24) is 30.5 Å². The van der Waals surface area contributed by atoms with Gasteiger partial charge in [0.25, 0.3) is 0 Å². The maximum absolute atomic E-state index is 13.4. The number of pyridine rings is 1. The molecule has 0 spiro atoms. The van der Waals surface area contributed by atoms with Crippen molar-refractivity contribution in [2.75, 3.05) is 18.4 Å². The zero-order valence-electron chi connectivity index (χ0n) is 20.1. The van der Waals surface area contributed by atoms with Crippen molar-refractivity contribution in [2.45, 2.75) is 57.9 Å². The number of H-pyrrole nitrogens is 1. The number of aromatic amines is 1. The average Bonchev–Trinajstić information content (AvgIpc) is 3.54. The molecule has 2 aromatic heterocycles. The molecule has 0 unspecified atom stereocenters. The van der Waals surface area contributed by atoms with E-state index in [4.69, 9.17) is 9.98 Å². The van der Waals surface area contributed by atoms with Crippen LogP contribution in [-0.4, -0.2) is 61.4 Å². The molecule has 34 heavy (non-hydrogen) atoms. The van der Waals surface area contributed by atoms with Crippen LogP contribution in [0.2, 0.25) is 0 Å². The molecule has 0 saturated carbocycles. The quantitative estimate of drug-likeness (QED) is 0.647. The molecule has 10 heteroatoms. The van der Waals surface area contributed by atoms with Gasteiger partial charge >= 0.3 is 0 Å². The number of likely N-dealkylation sites (tertiary alicyclic amines) is 1. The molecule has 3 aliphatic heterocycles. The number of anilines is 1. The maximum atomic E-state index is 13.4. The molecule has 5 heterocycles. The number of aliphatic imine (C=N–C) groups is 2. The van der Waals surface area contributed by atoms with E-state index in [0.717, 1.165) is 43.7 Å². The number of hydrazine groups is 1. The number of hydrogen-bond acceptors (Lipinski definition) is 7. The van der Waals surface area contributed by atoms with Gasteiger partial charge in [-0.15, -0.1) is 0 Å². The molecule has 0 aliphatic carbocycles. The number of aromatic nitrogens is 3. The lowest BCUT2D eigenvalue weighted by molar-refractivity contribution is -0.123. The van der Waals surface area contributed by atoms with E-state index in [0.29, 0.717) is 23.3 Å². The first kappa shape index (κ1) is 22.1. The number of amides is 1. The van der Waals surface area contributed by atoms with Crippen molar-refractivity contribution in [3.63, 3.8) is 0 Å². The molecule has 3 aliphatic rings. The molecule has 10 nitrogen and oxygen atoms in total. The number of guanidine groups is 1. The van der Waals surface area contributed by atoms with Gasteiger partial charge in [-0.25, -0.2) is 4.99 Å². The monoisotopic (exact) mass is 461 g/mol. The van der Waals surface area contributed by atoms with Gasteiger partial charge in [-0.05, 0) is 38.3 Å². The Morgan fingerprint density at radius 2 is 2.15 bits per heavy atom. The van der Waals surface area contributed by atoms with Gasteiger partial charge in [0.15, 0.2) is 11.7 Å². The predicted molar refractivity (Wildman–Crippen MR) is 132 cm³/mol. The first-order chi connectivity index (χ1) is 16.2. The summed E-state index contributed by atoms with van der Waals surface area (Å²) in [6.45, 7) is 9.89. The van der Waals surface area contributed by atoms with Crippen molar-refractivity contribution in [2.24, 2.45) is 9.98 Å². The molecule has 0 radical (unpaired) electrons. The van der Waals surface area contributed by atoms with Crippen LogP contribution in [0.25, 0.3) is 0 Å². The summed E-state index contributed by atoms with van der Waals surface area (Å²) in [5.41, 5.74) is 5.25. The maximum Gasteiger partial charge on any atom is 0.250 e. The summed E-state index contributed by atoms with van der Waals surface area (Å²) < 4.78 is 0. The summed E-state index contributed by atoms with van der Waals surface area (Å²) in [7, 11) is 0. The van der Waals surface area contributed by atoms with Crippen LogP contribution in [0.4, 0.5) is 11.5 Å². The largest absolute Gasteiger partial charge is 0.327 e. The standard InChI is InChI=1S/C24H31N9O/c1-23(2,3)18-14-19(30-29-18)27-20-17-9-6-13-33(17)31-22(28-20)32-12-7-10-24(32,4)21(34)26-16-8-5-11-25-15-16/h5,8-9,11,14-15H,6-7,10,12-13H2,1-4H3,(H,26,34)(H2,27,28,29,30,31)/t24-/m0/s1. The minimum absolute atomic E-state index is 0.0500. The fourth-order valence-electron chi connectivity index (χ4n) is 4.50. The van der Waals surface area contributed by atoms with E-state index in [2.05, 4.69) is 62.7 Å². The summed E-state index contributed by atoms with van der Waals surface area (Å²) in [5, 5.41) is 12.5. The Bertz CT molecular complexity index is 1170. The molecule has 5 rings (SSSR count). The number of carbonyl (C=O) groups is 1. The Hall–Kier alpha value is -3.69. The Morgan fingerprint density at radius 3 is 2.88 bits per heavy atom. The van der Waals surface area contributed by atoms with Crippen molar-refractivity contribution < 1.29 is 4.79 Å². The molecule has 1 atom stereocenters. The van der Waals surface area contributed by atoms with E-state index in [-0.39, 0.29) is 11.3 Å². The number of nitrogens with zero attached hydrogens (tertiary/aromatic N) is 6. The van der Waals surface area contributed by atoms with Crippen LogP contribution in [-0.2, 0) is 10.2 Å². The fourth-order valence-corrected chi connectivity index (χ4v) is 4.50. The number of fused-ring (bicyclic) bond motifs is 1. The number of carbonyl (C=O) groups excluding carboxylic acids is 1. The molecular weight excluding hydrogens is 430 g/mol. The molecule has 3 N–H and O–H groups in total. The highest BCUT2D eigenvalue weighted by Crippen LogP contribution is 2.32. The van der Waals surface area contributed by atoms with E-state index in [1.165, 1.54) is 0 Å². The lowest BCUT2D eigenvalue weighted by atomic mass is 9.92. The zero-order valence-corrected chi connectivity index (χ0v) is 20.1. The second-order valence-corrected chi connectivity index (χ2v) is 10.1. The van der Waals surface area contributed by atoms with Crippen LogP contribution in [0.3, 0.4) is 0 Å². The third kappa shape index (κ3) is 4.04. The lowest BCUT2D eigenvalue weighted by Gasteiger charge is -2.40. The molecular formula is C24H31N9O. The predicted octanol–water partition coefficient (Wildman–Crippen LogP) is 3.09. The van der Waals surface area contributed by atoms with E-state index in [1.54, 1.807) is 18.5 Å². The third-order valence-electron chi connectivity index (χ3n) is 6.56. The third-order valence-corrected chi connectivity index (χ3v) is 6.56. The molecule has 178 valence electrons. The van der Waals surface area contributed by atoms with Gasteiger partial charge in [-0.2, -0.15) is 10.1 Å². The Labute approximate surface area is 199 Å². The topological polar surface area (TPSA) is 114 Å². The second-order valence-electron chi connectivity index (χ2n) is 10.1. The van der Waals surface area contributed by atoms with Gasteiger partial charge in [0, 0.05) is 36.5 Å². The van der Waals surface area contributed by atoms with Crippen molar-refractivity contribution in [3.05, 3.63) is 48.1 Å². The van der Waals surface area contributed by atoms with Gasteiger partial charge in [0.2, 0.25) is 11.9 Å². The number of amidine groups is 1. The smallest absolute Gasteiger partial charge is 0.250 e. The first-order valence-electron chi connectivity index (χ1n) is 11.7. The van der Waals surface area contributed by atoms with E-state index < -0.39 is 5.54 Å². The SMILES string of the molecule is CC(C)(C)c1cc(N=C2N=C(N3CCC[C@@]3(C)C(=O)Nc3cccnc3)NN3CCC=C23)n[nH]1. The zero-order chi connectivity index (χ0) is 23.9. The van der Waals surface area contributed by atoms with Crippen LogP contribution in [0.5, 0.6) is 0 Å². The highest BCUT2D eigenvalue weighted by Gasteiger charge is 2.46. The van der Waals surface area contributed by atoms with Crippen molar-refractivity contribution in [1.29, 1.82) is 0 Å². The molecule has 1 amide bonds. The van der Waals surface area contributed by atoms with Crippen LogP contribution < -0.4 is 10.7 Å². The van der Waals surface area contributed by atoms with Crippen molar-refractivity contribution in [3.8, 4) is 0 Å². The fraction of sp³-hybridized carbons (Fsp3) is 0.458. The van der Waals surface area contributed by atoms with Crippen LogP contribution in [0.15, 0.2) is 52.4 Å². The van der Waals surface area contributed by atoms with E-state index >= 15 is 0 Å². The summed E-state index contributed by atoms with van der Waals surface area (Å²) in [6, 6.07) is 5.61. The van der Waals surface area contributed by atoms with Gasteiger partial charge in [0.1, 0.15) is 5.54 Å². The Balaban J connectivity index is 1.46. The molecule has 1 saturated heterocycles. The number of hydrogen-bond donors (Lipinski definition) is 3. The number of nitrogens with one attached hydrogen (secondary N) is 3. The first-order valence-corrected chi connectivity index (χ1v) is 11.7. The normalized spacial score (nSPS) is 23.5. The van der Waals surface area contributed by atoms with E-state index in [9.17, 15) is 4.79 Å². The molecule has 1 fully saturated rings. The van der Waals surface area contributed by atoms with Gasteiger partial charge in [-0.3, -0.25) is 25.3 Å². The van der Waals surface area contributed by atoms with E-state index in [1.807, 2.05) is 19.1 Å². The van der Waals surface area contributed by atoms with Gasteiger partial charge in [-0.1, -0.05) is 26.8 Å². The van der Waals surface area contributed by atoms with Gasteiger partial charge in [0.05, 0.1) is 17.6 Å². The minimum Gasteiger partial charge on any atom is -0.327 e. The Morgan fingerprint density at radius 1 is 1.29 bits per heavy atom. The summed E-state index contributed by atoms with van der Waals surface area (Å²) in [6.07, 6.45) is 7.98. The van der Waals surface area contributed by atoms with Crippen molar-refractivity contribution >= 4 is 29.2 Å². The highest BCUT2D eigenvalue weighted by molar-refractivity contribution is 6.10. The summed E-state index contributed by atoms with van der Waals surface area (Å²) in [5.74, 6) is 1.74. The summed E-state index contributed by atoms with van der Waals surface area (Å²) >= 11 is 0. The van der Waals surface area contributed by atoms with Gasteiger partial charge < -0.3 is 10.2 Å². The minimum atomic E-state index is -0.751. The molecule has 0 aromatic carbocycles. The second kappa shape index (κ2) is 8.27. The summed E-state index contributed by atoms with van der Waals surface area (Å²) in [4.78, 5) is 29.2. The highest BCUT2D eigenvalue weighted by atomic mass is 16.2. The average molecular weight is 462 g/mol. The number of rotatable bonds is 3. The van der Waals surface area contributed by atoms with Crippen LogP contribution >= 0.6 is 0 Å². The Kier molecular flexibility index (Phi) is 5.38. The molecule has 2 aromatic rings. The molecule has 0 bridgehead atoms. The lowest BCUT2D eigenvalue weighted by Crippen LogP contribution is -2.60. The van der Waals surface area contributed by atoms with Crippen LogP contribution in [0, 0.1) is 0 Å².